The molecule has 2 aromatic rings. The molecule has 6 nitrogen and oxygen atoms in total. The highest BCUT2D eigenvalue weighted by atomic mass is 35.5. The van der Waals surface area contributed by atoms with Crippen LogP contribution in [0.2, 0.25) is 0 Å². The number of amides is 1. The number of nitrogens with zero attached hydrogens (tertiary/aromatic N) is 2. The molecule has 0 saturated heterocycles. The topological polar surface area (TPSA) is 84.1 Å². The Kier molecular flexibility index (Phi) is 4.74. The van der Waals surface area contributed by atoms with Crippen LogP contribution in [-0.2, 0) is 6.54 Å². The molecule has 7 heteroatoms. The van der Waals surface area contributed by atoms with Crippen LogP contribution in [0.1, 0.15) is 10.4 Å². The third kappa shape index (κ3) is 3.15. The van der Waals surface area contributed by atoms with E-state index in [4.69, 9.17) is 5.73 Å². The molecule has 0 aliphatic carbocycles. The van der Waals surface area contributed by atoms with Crippen LogP contribution in [0.5, 0.6) is 0 Å². The van der Waals surface area contributed by atoms with Gasteiger partial charge in [-0.05, 0) is 32.3 Å². The predicted octanol–water partition coefficient (Wildman–Crippen LogP) is 0.412. The molecule has 104 valence electrons. The number of hydrogen-bond donors (Lipinski definition) is 2. The monoisotopic (exact) mass is 284 g/mol. The first-order chi connectivity index (χ1) is 8.49. The summed E-state index contributed by atoms with van der Waals surface area (Å²) in [5.41, 5.74) is 6.84. The Morgan fingerprint density at radius 2 is 2.11 bits per heavy atom. The highest BCUT2D eigenvalue weighted by Gasteiger charge is 2.09. The molecule has 0 unspecified atom stereocenters. The van der Waals surface area contributed by atoms with Gasteiger partial charge in [-0.2, -0.15) is 0 Å². The maximum atomic E-state index is 11.8. The van der Waals surface area contributed by atoms with Crippen molar-refractivity contribution in [2.45, 2.75) is 6.54 Å². The lowest BCUT2D eigenvalue weighted by atomic mass is 10.2. The summed E-state index contributed by atoms with van der Waals surface area (Å²) in [6.07, 6.45) is 0. The number of carbonyl (C=O) groups excluding carboxylic acids is 1. The van der Waals surface area contributed by atoms with Crippen molar-refractivity contribution in [3.63, 3.8) is 0 Å². The SMILES string of the molecule is CN(C)CCn1c(=O)[nH]c2cc(C(N)=O)ccc21.Cl. The average molecular weight is 285 g/mol. The van der Waals surface area contributed by atoms with Crippen LogP contribution in [0.15, 0.2) is 23.0 Å². The summed E-state index contributed by atoms with van der Waals surface area (Å²) < 4.78 is 1.65. The zero-order valence-corrected chi connectivity index (χ0v) is 11.7. The van der Waals surface area contributed by atoms with E-state index < -0.39 is 5.91 Å². The molecule has 1 aromatic heterocycles. The van der Waals surface area contributed by atoms with Gasteiger partial charge in [0.25, 0.3) is 0 Å². The van der Waals surface area contributed by atoms with Crippen molar-refractivity contribution in [1.29, 1.82) is 0 Å². The largest absolute Gasteiger partial charge is 0.366 e. The second-order valence-electron chi connectivity index (χ2n) is 4.48. The summed E-state index contributed by atoms with van der Waals surface area (Å²) in [6.45, 7) is 1.37. The molecule has 3 N–H and O–H groups in total. The maximum Gasteiger partial charge on any atom is 0.326 e. The molecule has 0 bridgehead atoms. The number of nitrogens with two attached hydrogens (primary N) is 1. The zero-order valence-electron chi connectivity index (χ0n) is 10.8. The van der Waals surface area contributed by atoms with Crippen molar-refractivity contribution in [2.24, 2.45) is 5.73 Å². The number of aromatic amines is 1. The van der Waals surface area contributed by atoms with Crippen LogP contribution >= 0.6 is 12.4 Å². The van der Waals surface area contributed by atoms with E-state index in [1.807, 2.05) is 19.0 Å². The van der Waals surface area contributed by atoms with Crippen molar-refractivity contribution >= 4 is 29.3 Å². The average Bonchev–Trinajstić information content (AvgIpc) is 2.60. The second-order valence-corrected chi connectivity index (χ2v) is 4.48. The van der Waals surface area contributed by atoms with Crippen LogP contribution < -0.4 is 11.4 Å². The van der Waals surface area contributed by atoms with Gasteiger partial charge in [-0.15, -0.1) is 12.4 Å². The van der Waals surface area contributed by atoms with Gasteiger partial charge in [0.15, 0.2) is 0 Å². The number of imidazole rings is 1. The molecule has 0 aliphatic heterocycles. The summed E-state index contributed by atoms with van der Waals surface area (Å²) in [5, 5.41) is 0. The number of carbonyl (C=O) groups is 1. The first-order valence-corrected chi connectivity index (χ1v) is 5.66. The lowest BCUT2D eigenvalue weighted by Gasteiger charge is -2.09. The van der Waals surface area contributed by atoms with Crippen LogP contribution in [-0.4, -0.2) is 41.0 Å². The van der Waals surface area contributed by atoms with E-state index in [1.165, 1.54) is 0 Å². The number of aromatic nitrogens is 2. The third-order valence-corrected chi connectivity index (χ3v) is 2.83. The van der Waals surface area contributed by atoms with Gasteiger partial charge in [-0.1, -0.05) is 0 Å². The van der Waals surface area contributed by atoms with Crippen molar-refractivity contribution in [3.05, 3.63) is 34.2 Å². The number of primary amides is 1. The number of hydrogen-bond acceptors (Lipinski definition) is 3. The number of halogens is 1. The first-order valence-electron chi connectivity index (χ1n) is 5.66. The summed E-state index contributed by atoms with van der Waals surface area (Å²) in [4.78, 5) is 27.6. The fourth-order valence-electron chi connectivity index (χ4n) is 1.84. The number of likely N-dealkylation sites (N-methyl/N-ethyl adjacent to an activating group) is 1. The summed E-state index contributed by atoms with van der Waals surface area (Å²) >= 11 is 0. The second kappa shape index (κ2) is 5.90. The molecular weight excluding hydrogens is 268 g/mol. The number of nitrogens with one attached hydrogen (secondary N) is 1. The lowest BCUT2D eigenvalue weighted by molar-refractivity contribution is 0.100. The molecule has 0 saturated carbocycles. The van der Waals surface area contributed by atoms with Gasteiger partial charge in [-0.25, -0.2) is 4.79 Å². The minimum Gasteiger partial charge on any atom is -0.366 e. The Labute approximate surface area is 116 Å². The molecule has 2 rings (SSSR count). The van der Waals surface area contributed by atoms with Crippen molar-refractivity contribution in [2.75, 3.05) is 20.6 Å². The summed E-state index contributed by atoms with van der Waals surface area (Å²) in [5.74, 6) is -0.501. The molecule has 1 aromatic carbocycles. The zero-order chi connectivity index (χ0) is 13.3. The van der Waals surface area contributed by atoms with Gasteiger partial charge in [-0.3, -0.25) is 9.36 Å². The first kappa shape index (κ1) is 15.3. The summed E-state index contributed by atoms with van der Waals surface area (Å²) in [6, 6.07) is 4.97. The van der Waals surface area contributed by atoms with Gasteiger partial charge in [0, 0.05) is 18.7 Å². The van der Waals surface area contributed by atoms with Crippen LogP contribution in [0.4, 0.5) is 0 Å². The fourth-order valence-corrected chi connectivity index (χ4v) is 1.84. The van der Waals surface area contributed by atoms with Crippen molar-refractivity contribution in [1.82, 2.24) is 14.5 Å². The van der Waals surface area contributed by atoms with E-state index in [1.54, 1.807) is 22.8 Å². The smallest absolute Gasteiger partial charge is 0.326 e. The van der Waals surface area contributed by atoms with Crippen molar-refractivity contribution < 1.29 is 4.79 Å². The quantitative estimate of drug-likeness (QED) is 0.853. The maximum absolute atomic E-state index is 11.8. The highest BCUT2D eigenvalue weighted by molar-refractivity contribution is 5.96. The van der Waals surface area contributed by atoms with Gasteiger partial charge in [0.2, 0.25) is 5.91 Å². The number of benzene rings is 1. The van der Waals surface area contributed by atoms with Crippen molar-refractivity contribution in [3.8, 4) is 0 Å². The van der Waals surface area contributed by atoms with Gasteiger partial charge in [0.1, 0.15) is 0 Å². The number of rotatable bonds is 4. The van der Waals surface area contributed by atoms with Crippen LogP contribution in [0, 0.1) is 0 Å². The van der Waals surface area contributed by atoms with Gasteiger partial charge in [0.05, 0.1) is 11.0 Å². The van der Waals surface area contributed by atoms with Gasteiger partial charge >= 0.3 is 5.69 Å². The standard InChI is InChI=1S/C12H16N4O2.ClH/c1-15(2)5-6-16-10-4-3-8(11(13)17)7-9(10)14-12(16)18;/h3-4,7H,5-6H2,1-2H3,(H2,13,17)(H,14,18);1H. The minimum absolute atomic E-state index is 0. The van der Waals surface area contributed by atoms with E-state index in [0.717, 1.165) is 12.1 Å². The van der Waals surface area contributed by atoms with E-state index in [2.05, 4.69) is 4.98 Å². The Morgan fingerprint density at radius 1 is 1.42 bits per heavy atom. The molecule has 1 amide bonds. The highest BCUT2D eigenvalue weighted by Crippen LogP contribution is 2.12. The van der Waals surface area contributed by atoms with Crippen LogP contribution in [0.3, 0.4) is 0 Å². The number of fused-ring (bicyclic) bond motifs is 1. The molecule has 19 heavy (non-hydrogen) atoms. The van der Waals surface area contributed by atoms with E-state index in [-0.39, 0.29) is 18.1 Å². The molecule has 0 atom stereocenters. The molecule has 0 spiro atoms. The van der Waals surface area contributed by atoms with E-state index in [9.17, 15) is 9.59 Å². The molecule has 1 heterocycles. The third-order valence-electron chi connectivity index (χ3n) is 2.83. The Hall–Kier alpha value is -1.79. The number of H-pyrrole nitrogens is 1. The van der Waals surface area contributed by atoms with Gasteiger partial charge < -0.3 is 15.6 Å². The Balaban J connectivity index is 0.00000180. The molecule has 0 radical (unpaired) electrons. The Bertz CT molecular complexity index is 645. The molecular formula is C12H17ClN4O2. The summed E-state index contributed by atoms with van der Waals surface area (Å²) in [7, 11) is 3.90. The van der Waals surface area contributed by atoms with E-state index >= 15 is 0 Å². The molecule has 0 fully saturated rings. The van der Waals surface area contributed by atoms with Crippen LogP contribution in [0.25, 0.3) is 11.0 Å². The Morgan fingerprint density at radius 3 is 2.68 bits per heavy atom. The molecule has 0 aliphatic rings. The normalized spacial score (nSPS) is 10.7. The fraction of sp³-hybridized carbons (Fsp3) is 0.333. The predicted molar refractivity (Wildman–Crippen MR) is 76.9 cm³/mol. The van der Waals surface area contributed by atoms with E-state index in [0.29, 0.717) is 17.6 Å². The minimum atomic E-state index is -0.501. The lowest BCUT2D eigenvalue weighted by Crippen LogP contribution is -2.24.